The minimum absolute atomic E-state index is 0.0396. The maximum atomic E-state index is 12.2. The number of carboxylic acids is 1. The van der Waals surface area contributed by atoms with Gasteiger partial charge in [-0.25, -0.2) is 9.79 Å². The lowest BCUT2D eigenvalue weighted by Crippen LogP contribution is -2.21. The number of carbonyl (C=O) groups excluding carboxylic acids is 2. The predicted octanol–water partition coefficient (Wildman–Crippen LogP) is 1.42. The van der Waals surface area contributed by atoms with Crippen LogP contribution in [0.25, 0.3) is 6.08 Å². The van der Waals surface area contributed by atoms with Gasteiger partial charge >= 0.3 is 5.97 Å². The third kappa shape index (κ3) is 3.66. The molecule has 1 heterocycles. The number of methoxy groups -OCH3 is 3. The van der Waals surface area contributed by atoms with Crippen LogP contribution in [0.4, 0.5) is 0 Å². The Bertz CT molecular complexity index is 965. The van der Waals surface area contributed by atoms with E-state index in [1.807, 2.05) is 0 Å². The van der Waals surface area contributed by atoms with Crippen molar-refractivity contribution in [1.82, 2.24) is 0 Å². The Labute approximate surface area is 160 Å². The van der Waals surface area contributed by atoms with Gasteiger partial charge in [0.05, 0.1) is 27.3 Å². The first-order chi connectivity index (χ1) is 13.5. The molecule has 0 N–H and O–H groups in total. The van der Waals surface area contributed by atoms with Gasteiger partial charge in [0.15, 0.2) is 17.2 Å². The summed E-state index contributed by atoms with van der Waals surface area (Å²) >= 11 is 0. The van der Waals surface area contributed by atoms with E-state index in [0.29, 0.717) is 28.4 Å². The van der Waals surface area contributed by atoms with Crippen LogP contribution in [0.2, 0.25) is 0 Å². The molecule has 8 nitrogen and oxygen atoms in total. The second kappa shape index (κ2) is 7.83. The Morgan fingerprint density at radius 2 is 1.64 bits per heavy atom. The quantitative estimate of drug-likeness (QED) is 0.549. The van der Waals surface area contributed by atoms with E-state index in [2.05, 4.69) is 4.99 Å². The molecule has 0 unspecified atom stereocenters. The van der Waals surface area contributed by atoms with Crippen molar-refractivity contribution in [3.63, 3.8) is 0 Å². The molecular weight excluding hydrogens is 366 g/mol. The number of carboxylic acid groups (broad SMARTS) is 1. The molecule has 0 aliphatic carbocycles. The smallest absolute Gasteiger partial charge is 0.363 e. The largest absolute Gasteiger partial charge is 0.545 e. The van der Waals surface area contributed by atoms with Crippen LogP contribution in [0.1, 0.15) is 21.5 Å². The van der Waals surface area contributed by atoms with E-state index in [4.69, 9.17) is 18.9 Å². The zero-order valence-corrected chi connectivity index (χ0v) is 15.3. The first-order valence-electron chi connectivity index (χ1n) is 8.11. The molecule has 1 aliphatic heterocycles. The van der Waals surface area contributed by atoms with Crippen LogP contribution in [-0.2, 0) is 9.53 Å². The molecule has 0 spiro atoms. The van der Waals surface area contributed by atoms with E-state index < -0.39 is 11.9 Å². The first kappa shape index (κ1) is 19.0. The molecule has 0 atom stereocenters. The van der Waals surface area contributed by atoms with E-state index in [1.165, 1.54) is 39.5 Å². The fourth-order valence-corrected chi connectivity index (χ4v) is 2.61. The van der Waals surface area contributed by atoms with Gasteiger partial charge in [-0.1, -0.05) is 24.3 Å². The maximum absolute atomic E-state index is 12.2. The van der Waals surface area contributed by atoms with E-state index in [1.54, 1.807) is 24.3 Å². The van der Waals surface area contributed by atoms with Crippen molar-refractivity contribution in [3.05, 3.63) is 58.8 Å². The highest BCUT2D eigenvalue weighted by molar-refractivity contribution is 6.13. The Morgan fingerprint density at radius 3 is 2.14 bits per heavy atom. The first-order valence-corrected chi connectivity index (χ1v) is 8.11. The summed E-state index contributed by atoms with van der Waals surface area (Å²) in [5.74, 6) is -0.629. The number of carbonyl (C=O) groups is 2. The van der Waals surface area contributed by atoms with Crippen LogP contribution in [0.5, 0.6) is 17.2 Å². The fraction of sp³-hybridized carbons (Fsp3) is 0.150. The number of aliphatic imine (C=N–C) groups is 1. The number of rotatable bonds is 6. The summed E-state index contributed by atoms with van der Waals surface area (Å²) in [6, 6.07) is 9.07. The number of cyclic esters (lactones) is 1. The molecule has 0 saturated heterocycles. The minimum Gasteiger partial charge on any atom is -0.545 e. The van der Waals surface area contributed by atoms with Crippen LogP contribution in [-0.4, -0.2) is 39.2 Å². The highest BCUT2D eigenvalue weighted by Crippen LogP contribution is 2.39. The predicted molar refractivity (Wildman–Crippen MR) is 97.5 cm³/mol. The lowest BCUT2D eigenvalue weighted by Gasteiger charge is -2.13. The Hall–Kier alpha value is -3.81. The van der Waals surface area contributed by atoms with Gasteiger partial charge in [0.25, 0.3) is 0 Å². The minimum atomic E-state index is -1.28. The lowest BCUT2D eigenvalue weighted by atomic mass is 10.1. The summed E-state index contributed by atoms with van der Waals surface area (Å²) in [6.07, 6.45) is 1.49. The van der Waals surface area contributed by atoms with Gasteiger partial charge in [-0.05, 0) is 29.3 Å². The highest BCUT2D eigenvalue weighted by atomic mass is 16.6. The average molecular weight is 382 g/mol. The molecule has 2 aromatic carbocycles. The van der Waals surface area contributed by atoms with Crippen molar-refractivity contribution in [3.8, 4) is 17.2 Å². The zero-order valence-electron chi connectivity index (χ0n) is 15.3. The van der Waals surface area contributed by atoms with Crippen molar-refractivity contribution < 1.29 is 33.6 Å². The van der Waals surface area contributed by atoms with E-state index in [0.717, 1.165) is 0 Å². The topological polar surface area (TPSA) is 106 Å². The number of benzene rings is 2. The van der Waals surface area contributed by atoms with Gasteiger partial charge in [-0.15, -0.1) is 0 Å². The van der Waals surface area contributed by atoms with Crippen molar-refractivity contribution in [2.24, 2.45) is 4.99 Å². The molecule has 0 aromatic heterocycles. The summed E-state index contributed by atoms with van der Waals surface area (Å²) in [7, 11) is 4.44. The molecule has 0 bridgehead atoms. The van der Waals surface area contributed by atoms with Crippen LogP contribution in [0.15, 0.2) is 47.1 Å². The molecule has 3 rings (SSSR count). The molecule has 0 fully saturated rings. The van der Waals surface area contributed by atoms with Crippen molar-refractivity contribution >= 4 is 23.9 Å². The van der Waals surface area contributed by atoms with Crippen LogP contribution >= 0.6 is 0 Å². The number of esters is 1. The number of hydrogen-bond acceptors (Lipinski definition) is 8. The summed E-state index contributed by atoms with van der Waals surface area (Å²) in [5.41, 5.74) is 1.17. The molecule has 8 heteroatoms. The number of hydrogen-bond donors (Lipinski definition) is 0. The molecule has 1 aliphatic rings. The summed E-state index contributed by atoms with van der Waals surface area (Å²) in [4.78, 5) is 27.2. The Balaban J connectivity index is 1.96. The van der Waals surface area contributed by atoms with Crippen LogP contribution in [0.3, 0.4) is 0 Å². The molecule has 144 valence electrons. The Kier molecular flexibility index (Phi) is 5.30. The normalized spacial score (nSPS) is 14.5. The molecule has 2 aromatic rings. The summed E-state index contributed by atoms with van der Waals surface area (Å²) in [6.45, 7) is 0. The van der Waals surface area contributed by atoms with E-state index in [-0.39, 0.29) is 17.2 Å². The average Bonchev–Trinajstić information content (AvgIpc) is 3.07. The van der Waals surface area contributed by atoms with Crippen LogP contribution in [0, 0.1) is 0 Å². The molecule has 0 radical (unpaired) electrons. The highest BCUT2D eigenvalue weighted by Gasteiger charge is 2.26. The molecule has 28 heavy (non-hydrogen) atoms. The van der Waals surface area contributed by atoms with Gasteiger partial charge in [0, 0.05) is 5.56 Å². The van der Waals surface area contributed by atoms with E-state index >= 15 is 0 Å². The summed E-state index contributed by atoms with van der Waals surface area (Å²) in [5, 5.41) is 10.8. The summed E-state index contributed by atoms with van der Waals surface area (Å²) < 4.78 is 21.1. The number of ether oxygens (including phenoxy) is 4. The van der Waals surface area contributed by atoms with Gasteiger partial charge in [0.1, 0.15) is 0 Å². The second-order valence-corrected chi connectivity index (χ2v) is 5.66. The fourth-order valence-electron chi connectivity index (χ4n) is 2.61. The SMILES string of the molecule is COc1cc(C2=N/C(=C/c3ccc(C(=O)[O-])cc3)C(=O)O2)cc(OC)c1OC. The molecule has 0 saturated carbocycles. The maximum Gasteiger partial charge on any atom is 0.363 e. The molecule has 0 amide bonds. The van der Waals surface area contributed by atoms with Crippen molar-refractivity contribution in [2.75, 3.05) is 21.3 Å². The van der Waals surface area contributed by atoms with Gasteiger partial charge in [0.2, 0.25) is 11.6 Å². The second-order valence-electron chi connectivity index (χ2n) is 5.66. The lowest BCUT2D eigenvalue weighted by molar-refractivity contribution is -0.255. The van der Waals surface area contributed by atoms with Gasteiger partial charge in [-0.3, -0.25) is 0 Å². The third-order valence-electron chi connectivity index (χ3n) is 3.98. The molecular formula is C20H16NO7-. The van der Waals surface area contributed by atoms with Crippen molar-refractivity contribution in [1.29, 1.82) is 0 Å². The number of aromatic carboxylic acids is 1. The number of nitrogens with zero attached hydrogens (tertiary/aromatic N) is 1. The standard InChI is InChI=1S/C20H17NO7/c1-25-15-9-13(10-16(26-2)17(15)27-3)18-21-14(20(24)28-18)8-11-4-6-12(7-5-11)19(22)23/h4-10H,1-3H3,(H,22,23)/p-1/b14-8+. The zero-order chi connectivity index (χ0) is 20.3. The monoisotopic (exact) mass is 382 g/mol. The van der Waals surface area contributed by atoms with Gasteiger partial charge in [-0.2, -0.15) is 0 Å². The Morgan fingerprint density at radius 1 is 1.04 bits per heavy atom. The van der Waals surface area contributed by atoms with Crippen molar-refractivity contribution in [2.45, 2.75) is 0 Å². The van der Waals surface area contributed by atoms with E-state index in [9.17, 15) is 14.7 Å². The third-order valence-corrected chi connectivity index (χ3v) is 3.98. The van der Waals surface area contributed by atoms with Gasteiger partial charge < -0.3 is 28.8 Å². The van der Waals surface area contributed by atoms with Crippen LogP contribution < -0.4 is 19.3 Å².